The van der Waals surface area contributed by atoms with Gasteiger partial charge in [-0.25, -0.2) is 4.39 Å². The second-order valence-corrected chi connectivity index (χ2v) is 4.07. The zero-order chi connectivity index (χ0) is 13.7. The molecule has 0 fully saturated rings. The molecule has 5 heteroatoms. The molecule has 1 aromatic rings. The van der Waals surface area contributed by atoms with E-state index in [4.69, 9.17) is 14.6 Å². The topological polar surface area (TPSA) is 55.8 Å². The first-order chi connectivity index (χ1) is 8.53. The molecule has 0 spiro atoms. The lowest BCUT2D eigenvalue weighted by molar-refractivity contribution is -0.141. The summed E-state index contributed by atoms with van der Waals surface area (Å²) in [5, 5.41) is 8.87. The smallest absolute Gasteiger partial charge is 0.306 e. The van der Waals surface area contributed by atoms with E-state index in [0.717, 1.165) is 5.56 Å². The second kappa shape index (κ2) is 6.23. The normalized spacial score (nSPS) is 12.0. The average Bonchev–Trinajstić information content (AvgIpc) is 2.37. The largest absolute Gasteiger partial charge is 0.493 e. The van der Waals surface area contributed by atoms with Crippen molar-refractivity contribution in [2.24, 2.45) is 5.92 Å². The van der Waals surface area contributed by atoms with E-state index in [1.807, 2.05) is 0 Å². The van der Waals surface area contributed by atoms with Crippen LogP contribution in [0.25, 0.3) is 0 Å². The third-order valence-electron chi connectivity index (χ3n) is 2.72. The Morgan fingerprint density at radius 1 is 1.39 bits per heavy atom. The van der Waals surface area contributed by atoms with E-state index >= 15 is 0 Å². The molecule has 1 aromatic carbocycles. The predicted molar refractivity (Wildman–Crippen MR) is 64.9 cm³/mol. The summed E-state index contributed by atoms with van der Waals surface area (Å²) in [5.74, 6) is -0.644. The Balaban J connectivity index is 3.11. The highest BCUT2D eigenvalue weighted by Crippen LogP contribution is 2.33. The van der Waals surface area contributed by atoms with Gasteiger partial charge in [-0.05, 0) is 24.1 Å². The van der Waals surface area contributed by atoms with Crippen molar-refractivity contribution in [1.29, 1.82) is 0 Å². The first-order valence-corrected chi connectivity index (χ1v) is 5.56. The van der Waals surface area contributed by atoms with Gasteiger partial charge in [-0.2, -0.15) is 0 Å². The molecule has 0 heterocycles. The van der Waals surface area contributed by atoms with Crippen molar-refractivity contribution >= 4 is 5.97 Å². The highest BCUT2D eigenvalue weighted by Gasteiger charge is 2.16. The van der Waals surface area contributed by atoms with Crippen molar-refractivity contribution in [2.45, 2.75) is 20.0 Å². The minimum absolute atomic E-state index is 0.322. The molecule has 0 radical (unpaired) electrons. The third kappa shape index (κ3) is 3.12. The molecule has 100 valence electrons. The number of methoxy groups -OCH3 is 2. The molecular formula is C13H17FO4. The Labute approximate surface area is 105 Å². The molecule has 0 aliphatic carbocycles. The molecule has 0 saturated carbocycles. The van der Waals surface area contributed by atoms with Crippen LogP contribution in [0, 0.1) is 5.92 Å². The molecule has 1 N–H and O–H groups in total. The van der Waals surface area contributed by atoms with Gasteiger partial charge >= 0.3 is 5.97 Å². The quantitative estimate of drug-likeness (QED) is 0.849. The molecule has 1 rings (SSSR count). The van der Waals surface area contributed by atoms with Gasteiger partial charge in [0.25, 0.3) is 0 Å². The van der Waals surface area contributed by atoms with Gasteiger partial charge in [0.15, 0.2) is 11.5 Å². The SMILES string of the molecule is COc1cc(CC(C)C(=O)O)cc(CF)c1OC. The highest BCUT2D eigenvalue weighted by atomic mass is 19.1. The number of aliphatic carboxylic acids is 1. The highest BCUT2D eigenvalue weighted by molar-refractivity contribution is 5.70. The number of hydrogen-bond donors (Lipinski definition) is 1. The summed E-state index contributed by atoms with van der Waals surface area (Å²) in [4.78, 5) is 10.8. The molecule has 0 saturated heterocycles. The maximum Gasteiger partial charge on any atom is 0.306 e. The maximum absolute atomic E-state index is 12.9. The van der Waals surface area contributed by atoms with E-state index in [1.165, 1.54) is 14.2 Å². The van der Waals surface area contributed by atoms with Crippen LogP contribution in [-0.2, 0) is 17.9 Å². The van der Waals surface area contributed by atoms with Crippen molar-refractivity contribution in [3.05, 3.63) is 23.3 Å². The summed E-state index contributed by atoms with van der Waals surface area (Å²) < 4.78 is 23.1. The molecule has 0 amide bonds. The van der Waals surface area contributed by atoms with Gasteiger partial charge in [0.2, 0.25) is 0 Å². The lowest BCUT2D eigenvalue weighted by Crippen LogP contribution is -2.12. The fourth-order valence-corrected chi connectivity index (χ4v) is 1.76. The Bertz CT molecular complexity index is 406. The van der Waals surface area contributed by atoms with Crippen LogP contribution in [0.3, 0.4) is 0 Å². The number of hydrogen-bond acceptors (Lipinski definition) is 3. The first kappa shape index (κ1) is 14.3. The van der Waals surface area contributed by atoms with Gasteiger partial charge in [0, 0.05) is 5.56 Å². The molecule has 4 nitrogen and oxygen atoms in total. The molecule has 0 aliphatic heterocycles. The molecular weight excluding hydrogens is 239 g/mol. The summed E-state index contributed by atoms with van der Waals surface area (Å²) in [6, 6.07) is 3.29. The van der Waals surface area contributed by atoms with Crippen molar-refractivity contribution in [2.75, 3.05) is 14.2 Å². The van der Waals surface area contributed by atoms with Gasteiger partial charge in [-0.1, -0.05) is 6.92 Å². The molecule has 0 bridgehead atoms. The number of carboxylic acid groups (broad SMARTS) is 1. The summed E-state index contributed by atoms with van der Waals surface area (Å²) in [7, 11) is 2.90. The third-order valence-corrected chi connectivity index (χ3v) is 2.72. The molecule has 0 aliphatic rings. The van der Waals surface area contributed by atoms with Gasteiger partial charge < -0.3 is 14.6 Å². The lowest BCUT2D eigenvalue weighted by atomic mass is 9.99. The monoisotopic (exact) mass is 256 g/mol. The van der Waals surface area contributed by atoms with E-state index in [0.29, 0.717) is 23.5 Å². The Hall–Kier alpha value is -1.78. The summed E-state index contributed by atoms with van der Waals surface area (Å²) in [6.07, 6.45) is 0.322. The van der Waals surface area contributed by atoms with Crippen LogP contribution in [0.4, 0.5) is 4.39 Å². The van der Waals surface area contributed by atoms with Crippen LogP contribution in [-0.4, -0.2) is 25.3 Å². The Morgan fingerprint density at radius 3 is 2.50 bits per heavy atom. The summed E-state index contributed by atoms with van der Waals surface area (Å²) in [6.45, 7) is 0.920. The van der Waals surface area contributed by atoms with E-state index in [2.05, 4.69) is 0 Å². The van der Waals surface area contributed by atoms with E-state index in [-0.39, 0.29) is 0 Å². The van der Waals surface area contributed by atoms with E-state index < -0.39 is 18.6 Å². The number of halogens is 1. The van der Waals surface area contributed by atoms with Gasteiger partial charge in [-0.3, -0.25) is 4.79 Å². The number of alkyl halides is 1. The molecule has 1 atom stereocenters. The van der Waals surface area contributed by atoms with Crippen molar-refractivity contribution in [3.63, 3.8) is 0 Å². The van der Waals surface area contributed by atoms with Crippen LogP contribution in [0.1, 0.15) is 18.1 Å². The minimum atomic E-state index is -0.883. The minimum Gasteiger partial charge on any atom is -0.493 e. The van der Waals surface area contributed by atoms with Gasteiger partial charge in [0.1, 0.15) is 6.67 Å². The van der Waals surface area contributed by atoms with E-state index in [9.17, 15) is 9.18 Å². The fraction of sp³-hybridized carbons (Fsp3) is 0.462. The van der Waals surface area contributed by atoms with Crippen molar-refractivity contribution in [3.8, 4) is 11.5 Å². The second-order valence-electron chi connectivity index (χ2n) is 4.07. The van der Waals surface area contributed by atoms with Gasteiger partial charge in [0.05, 0.1) is 20.1 Å². The molecule has 0 aromatic heterocycles. The van der Waals surface area contributed by atoms with Crippen molar-refractivity contribution < 1.29 is 23.8 Å². The Morgan fingerprint density at radius 2 is 2.06 bits per heavy atom. The molecule has 1 unspecified atom stereocenters. The summed E-state index contributed by atoms with van der Waals surface area (Å²) >= 11 is 0. The maximum atomic E-state index is 12.9. The van der Waals surface area contributed by atoms with E-state index in [1.54, 1.807) is 19.1 Å². The Kier molecular flexibility index (Phi) is 4.95. The zero-order valence-electron chi connectivity index (χ0n) is 10.7. The number of benzene rings is 1. The fourth-order valence-electron chi connectivity index (χ4n) is 1.76. The standard InChI is InChI=1S/C13H17FO4/c1-8(13(15)16)4-9-5-10(7-14)12(18-3)11(6-9)17-2/h5-6,8H,4,7H2,1-3H3,(H,15,16). The van der Waals surface area contributed by atoms with Crippen LogP contribution in [0.5, 0.6) is 11.5 Å². The van der Waals surface area contributed by atoms with Crippen molar-refractivity contribution in [1.82, 2.24) is 0 Å². The van der Waals surface area contributed by atoms with Crippen LogP contribution in [0.15, 0.2) is 12.1 Å². The predicted octanol–water partition coefficient (Wildman–Crippen LogP) is 2.44. The zero-order valence-corrected chi connectivity index (χ0v) is 10.7. The van der Waals surface area contributed by atoms with Crippen LogP contribution >= 0.6 is 0 Å². The van der Waals surface area contributed by atoms with Crippen LogP contribution < -0.4 is 9.47 Å². The van der Waals surface area contributed by atoms with Gasteiger partial charge in [-0.15, -0.1) is 0 Å². The molecule has 18 heavy (non-hydrogen) atoms. The van der Waals surface area contributed by atoms with Crippen LogP contribution in [0.2, 0.25) is 0 Å². The summed E-state index contributed by atoms with van der Waals surface area (Å²) in [5.41, 5.74) is 1.08. The first-order valence-electron chi connectivity index (χ1n) is 5.56. The number of rotatable bonds is 6. The number of ether oxygens (including phenoxy) is 2. The number of carbonyl (C=O) groups is 1. The lowest BCUT2D eigenvalue weighted by Gasteiger charge is -2.14. The number of carboxylic acids is 1. The average molecular weight is 256 g/mol.